The molecular weight excluding hydrogens is 438 g/mol. The van der Waals surface area contributed by atoms with Crippen LogP contribution in [0.5, 0.6) is 11.5 Å². The average molecular weight is 474 g/mol. The van der Waals surface area contributed by atoms with E-state index in [1.807, 2.05) is 12.1 Å². The van der Waals surface area contributed by atoms with Crippen molar-refractivity contribution in [2.75, 3.05) is 44.8 Å². The number of nitrogens with zero attached hydrogens (tertiary/aromatic N) is 2. The van der Waals surface area contributed by atoms with Gasteiger partial charge in [-0.15, -0.1) is 0 Å². The summed E-state index contributed by atoms with van der Waals surface area (Å²) in [5.41, 5.74) is 10.5. The number of piperidine rings is 1. The lowest BCUT2D eigenvalue weighted by Gasteiger charge is -2.49. The van der Waals surface area contributed by atoms with E-state index in [9.17, 15) is 5.11 Å². The van der Waals surface area contributed by atoms with Gasteiger partial charge in [-0.3, -0.25) is 4.90 Å². The molecule has 2 aliphatic heterocycles. The zero-order valence-electron chi connectivity index (χ0n) is 19.9. The zero-order chi connectivity index (χ0) is 23.5. The number of halogens is 1. The quantitative estimate of drug-likeness (QED) is 0.631. The van der Waals surface area contributed by atoms with Gasteiger partial charge in [0.15, 0.2) is 0 Å². The number of aliphatic hydroxyl groups is 1. The topological polar surface area (TPSA) is 71.2 Å². The average Bonchev–Trinajstić information content (AvgIpc) is 2.84. The predicted molar refractivity (Wildman–Crippen MR) is 134 cm³/mol. The molecule has 6 nitrogen and oxygen atoms in total. The molecule has 0 aliphatic carbocycles. The standard InChI is InChI=1S/C26H36ClN3O3/c1-17-18(2)25(33-16-21(31)14-28)10-8-22(17)24-6-4-5-20-15-29(11-12-30(20)24)19-7-9-23(27)26(13-19)32-3/h7-10,13,20-21,24,31H,4-6,11-12,14-16,28H2,1-3H3/t20?,21-,24+/m0/s1. The minimum atomic E-state index is -0.639. The number of hydrogen-bond acceptors (Lipinski definition) is 6. The molecule has 180 valence electrons. The molecule has 4 rings (SSSR count). The van der Waals surface area contributed by atoms with Crippen LogP contribution >= 0.6 is 11.6 Å². The molecule has 1 unspecified atom stereocenters. The van der Waals surface area contributed by atoms with E-state index >= 15 is 0 Å². The van der Waals surface area contributed by atoms with Crippen LogP contribution in [0.3, 0.4) is 0 Å². The molecule has 33 heavy (non-hydrogen) atoms. The van der Waals surface area contributed by atoms with Crippen LogP contribution in [0.2, 0.25) is 5.02 Å². The van der Waals surface area contributed by atoms with Gasteiger partial charge in [0.05, 0.1) is 12.1 Å². The first-order valence-corrected chi connectivity index (χ1v) is 12.3. The van der Waals surface area contributed by atoms with Crippen LogP contribution in [-0.4, -0.2) is 62.0 Å². The SMILES string of the molecule is COc1cc(N2CCN3C(CCC[C@@H]3c3ccc(OC[C@@H](O)CN)c(C)c3C)C2)ccc1Cl. The third kappa shape index (κ3) is 5.09. The highest BCUT2D eigenvalue weighted by molar-refractivity contribution is 6.32. The number of nitrogens with two attached hydrogens (primary N) is 1. The van der Waals surface area contributed by atoms with E-state index in [0.717, 1.165) is 36.7 Å². The summed E-state index contributed by atoms with van der Waals surface area (Å²) in [6.07, 6.45) is 2.98. The van der Waals surface area contributed by atoms with E-state index in [-0.39, 0.29) is 13.2 Å². The third-order valence-electron chi connectivity index (χ3n) is 7.29. The maximum atomic E-state index is 9.74. The number of aliphatic hydroxyl groups excluding tert-OH is 1. The highest BCUT2D eigenvalue weighted by Crippen LogP contribution is 2.40. The summed E-state index contributed by atoms with van der Waals surface area (Å²) < 4.78 is 11.3. The number of ether oxygens (including phenoxy) is 2. The molecule has 2 aromatic rings. The van der Waals surface area contributed by atoms with Crippen molar-refractivity contribution in [1.82, 2.24) is 4.90 Å². The van der Waals surface area contributed by atoms with Crippen LogP contribution in [0.25, 0.3) is 0 Å². The molecule has 0 aromatic heterocycles. The lowest BCUT2D eigenvalue weighted by molar-refractivity contribution is 0.0712. The summed E-state index contributed by atoms with van der Waals surface area (Å²) >= 11 is 6.24. The molecule has 3 N–H and O–H groups in total. The molecule has 2 saturated heterocycles. The Labute approximate surface area is 202 Å². The van der Waals surface area contributed by atoms with Gasteiger partial charge in [0.1, 0.15) is 24.2 Å². The van der Waals surface area contributed by atoms with Gasteiger partial charge < -0.3 is 25.2 Å². The van der Waals surface area contributed by atoms with Gasteiger partial charge >= 0.3 is 0 Å². The van der Waals surface area contributed by atoms with Gasteiger partial charge in [-0.25, -0.2) is 0 Å². The van der Waals surface area contributed by atoms with Gasteiger partial charge in [0.2, 0.25) is 0 Å². The van der Waals surface area contributed by atoms with Crippen LogP contribution in [0.4, 0.5) is 5.69 Å². The van der Waals surface area contributed by atoms with Crippen molar-refractivity contribution in [2.45, 2.75) is 51.3 Å². The van der Waals surface area contributed by atoms with E-state index in [2.05, 4.69) is 41.8 Å². The summed E-state index contributed by atoms with van der Waals surface area (Å²) in [5.74, 6) is 1.56. The Morgan fingerprint density at radius 3 is 2.70 bits per heavy atom. The number of hydrogen-bond donors (Lipinski definition) is 2. The molecule has 0 spiro atoms. The molecule has 7 heteroatoms. The van der Waals surface area contributed by atoms with Crippen molar-refractivity contribution in [2.24, 2.45) is 5.73 Å². The van der Waals surface area contributed by atoms with Crippen LogP contribution in [-0.2, 0) is 0 Å². The second kappa shape index (κ2) is 10.5. The van der Waals surface area contributed by atoms with E-state index in [1.54, 1.807) is 7.11 Å². The summed E-state index contributed by atoms with van der Waals surface area (Å²) in [4.78, 5) is 5.16. The summed E-state index contributed by atoms with van der Waals surface area (Å²) in [5, 5.41) is 10.4. The highest BCUT2D eigenvalue weighted by Gasteiger charge is 2.36. The Kier molecular flexibility index (Phi) is 7.69. The van der Waals surface area contributed by atoms with Crippen LogP contribution < -0.4 is 20.1 Å². The molecule has 2 fully saturated rings. The maximum absolute atomic E-state index is 9.74. The Bertz CT molecular complexity index is 970. The zero-order valence-corrected chi connectivity index (χ0v) is 20.6. The van der Waals surface area contributed by atoms with Gasteiger partial charge in [-0.2, -0.15) is 0 Å². The Morgan fingerprint density at radius 2 is 1.94 bits per heavy atom. The first kappa shape index (κ1) is 24.1. The fourth-order valence-corrected chi connectivity index (χ4v) is 5.45. The molecule has 2 aliphatic rings. The summed E-state index contributed by atoms with van der Waals surface area (Å²) in [6.45, 7) is 7.74. The van der Waals surface area contributed by atoms with E-state index in [1.165, 1.54) is 36.1 Å². The van der Waals surface area contributed by atoms with Gasteiger partial charge in [-0.1, -0.05) is 17.7 Å². The largest absolute Gasteiger partial charge is 0.495 e. The summed E-state index contributed by atoms with van der Waals surface area (Å²) in [7, 11) is 1.66. The second-order valence-electron chi connectivity index (χ2n) is 9.21. The van der Waals surface area contributed by atoms with Crippen LogP contribution in [0.1, 0.15) is 42.0 Å². The smallest absolute Gasteiger partial charge is 0.139 e. The van der Waals surface area contributed by atoms with Crippen LogP contribution in [0, 0.1) is 13.8 Å². The lowest BCUT2D eigenvalue weighted by atomic mass is 9.86. The molecule has 2 aromatic carbocycles. The number of rotatable bonds is 7. The first-order chi connectivity index (χ1) is 15.9. The molecule has 0 saturated carbocycles. The minimum absolute atomic E-state index is 0.203. The minimum Gasteiger partial charge on any atom is -0.495 e. The fraction of sp³-hybridized carbons (Fsp3) is 0.538. The predicted octanol–water partition coefficient (Wildman–Crippen LogP) is 4.08. The van der Waals surface area contributed by atoms with E-state index in [4.69, 9.17) is 26.8 Å². The van der Waals surface area contributed by atoms with Crippen molar-refractivity contribution in [3.63, 3.8) is 0 Å². The molecular formula is C26H36ClN3O3. The number of anilines is 1. The van der Waals surface area contributed by atoms with Crippen molar-refractivity contribution < 1.29 is 14.6 Å². The van der Waals surface area contributed by atoms with Gasteiger partial charge in [0.25, 0.3) is 0 Å². The van der Waals surface area contributed by atoms with Crippen molar-refractivity contribution in [1.29, 1.82) is 0 Å². The number of benzene rings is 2. The molecule has 2 heterocycles. The molecule has 0 bridgehead atoms. The van der Waals surface area contributed by atoms with Crippen molar-refractivity contribution in [3.8, 4) is 11.5 Å². The third-order valence-corrected chi connectivity index (χ3v) is 7.60. The monoisotopic (exact) mass is 473 g/mol. The molecule has 3 atom stereocenters. The fourth-order valence-electron chi connectivity index (χ4n) is 5.25. The summed E-state index contributed by atoms with van der Waals surface area (Å²) in [6, 6.07) is 11.3. The van der Waals surface area contributed by atoms with Gasteiger partial charge in [-0.05, 0) is 68.0 Å². The van der Waals surface area contributed by atoms with Gasteiger partial charge in [0, 0.05) is 50.0 Å². The molecule has 0 radical (unpaired) electrons. The Morgan fingerprint density at radius 1 is 1.12 bits per heavy atom. The van der Waals surface area contributed by atoms with Crippen LogP contribution in [0.15, 0.2) is 30.3 Å². The first-order valence-electron chi connectivity index (χ1n) is 11.9. The van der Waals surface area contributed by atoms with E-state index < -0.39 is 6.10 Å². The second-order valence-corrected chi connectivity index (χ2v) is 9.61. The highest BCUT2D eigenvalue weighted by atomic mass is 35.5. The Balaban J connectivity index is 1.50. The lowest BCUT2D eigenvalue weighted by Crippen LogP contribution is -2.56. The number of fused-ring (bicyclic) bond motifs is 1. The Hall–Kier alpha value is -1.99. The number of methoxy groups -OCH3 is 1. The normalized spacial score (nSPS) is 22.1. The maximum Gasteiger partial charge on any atom is 0.139 e. The van der Waals surface area contributed by atoms with E-state index in [0.29, 0.717) is 17.1 Å². The van der Waals surface area contributed by atoms with Crippen molar-refractivity contribution >= 4 is 17.3 Å². The van der Waals surface area contributed by atoms with Crippen molar-refractivity contribution in [3.05, 3.63) is 52.0 Å². The molecule has 0 amide bonds. The number of piperazine rings is 1.